The van der Waals surface area contributed by atoms with Gasteiger partial charge in [-0.3, -0.25) is 4.98 Å². The van der Waals surface area contributed by atoms with Crippen LogP contribution in [0.25, 0.3) is 11.1 Å². The van der Waals surface area contributed by atoms with Crippen LogP contribution in [0.2, 0.25) is 0 Å². The topological polar surface area (TPSA) is 48.1 Å². The normalized spacial score (nSPS) is 10.4. The van der Waals surface area contributed by atoms with Gasteiger partial charge in [0.15, 0.2) is 0 Å². The minimum absolute atomic E-state index is 0.538. The van der Waals surface area contributed by atoms with Gasteiger partial charge in [0, 0.05) is 28.7 Å². The maximum atomic E-state index is 6.08. The second kappa shape index (κ2) is 6.31. The number of nitrogens with zero attached hydrogens (tertiary/aromatic N) is 1. The highest BCUT2D eigenvalue weighted by atomic mass is 16.5. The summed E-state index contributed by atoms with van der Waals surface area (Å²) in [5, 5.41) is 0. The Morgan fingerprint density at radius 1 is 1.00 bits per heavy atom. The molecule has 3 rings (SSSR count). The summed E-state index contributed by atoms with van der Waals surface area (Å²) in [5.41, 5.74) is 10.9. The Bertz CT molecular complexity index is 752. The maximum absolute atomic E-state index is 6.08. The predicted molar refractivity (Wildman–Crippen MR) is 89.6 cm³/mol. The van der Waals surface area contributed by atoms with E-state index in [-0.39, 0.29) is 0 Å². The molecule has 3 aromatic rings. The SMILES string of the molecule is Cc1ccc(-c2cc(OCc3ccccc3)ccc2N)cn1. The molecule has 0 fully saturated rings. The minimum atomic E-state index is 0.538. The van der Waals surface area contributed by atoms with Crippen LogP contribution in [0, 0.1) is 6.92 Å². The molecule has 0 aliphatic heterocycles. The maximum Gasteiger partial charge on any atom is 0.120 e. The van der Waals surface area contributed by atoms with E-state index in [1.165, 1.54) is 0 Å². The molecule has 0 radical (unpaired) electrons. The first-order chi connectivity index (χ1) is 10.7. The van der Waals surface area contributed by atoms with Crippen LogP contribution in [0.1, 0.15) is 11.3 Å². The zero-order chi connectivity index (χ0) is 15.4. The fourth-order valence-electron chi connectivity index (χ4n) is 2.24. The van der Waals surface area contributed by atoms with Crippen molar-refractivity contribution in [1.82, 2.24) is 4.98 Å². The van der Waals surface area contributed by atoms with Crippen LogP contribution in [0.5, 0.6) is 5.75 Å². The molecule has 0 spiro atoms. The van der Waals surface area contributed by atoms with E-state index in [1.54, 1.807) is 0 Å². The van der Waals surface area contributed by atoms with Crippen molar-refractivity contribution in [2.24, 2.45) is 0 Å². The summed E-state index contributed by atoms with van der Waals surface area (Å²) in [6.07, 6.45) is 1.84. The van der Waals surface area contributed by atoms with Crippen LogP contribution in [0.15, 0.2) is 66.9 Å². The fourth-order valence-corrected chi connectivity index (χ4v) is 2.24. The van der Waals surface area contributed by atoms with Gasteiger partial charge < -0.3 is 10.5 Å². The van der Waals surface area contributed by atoms with Crippen LogP contribution in [-0.2, 0) is 6.61 Å². The number of nitrogen functional groups attached to an aromatic ring is 1. The van der Waals surface area contributed by atoms with Gasteiger partial charge in [-0.2, -0.15) is 0 Å². The fraction of sp³-hybridized carbons (Fsp3) is 0.105. The minimum Gasteiger partial charge on any atom is -0.489 e. The first-order valence-electron chi connectivity index (χ1n) is 7.21. The Kier molecular flexibility index (Phi) is 4.05. The molecule has 22 heavy (non-hydrogen) atoms. The zero-order valence-corrected chi connectivity index (χ0v) is 12.5. The second-order valence-corrected chi connectivity index (χ2v) is 5.21. The molecule has 3 heteroatoms. The van der Waals surface area contributed by atoms with Crippen molar-refractivity contribution < 1.29 is 4.74 Å². The highest BCUT2D eigenvalue weighted by Gasteiger charge is 2.06. The Labute approximate surface area is 130 Å². The number of pyridine rings is 1. The number of hydrogen-bond donors (Lipinski definition) is 1. The van der Waals surface area contributed by atoms with Gasteiger partial charge in [0.2, 0.25) is 0 Å². The highest BCUT2D eigenvalue weighted by molar-refractivity contribution is 5.77. The number of anilines is 1. The first-order valence-corrected chi connectivity index (χ1v) is 7.21. The Balaban J connectivity index is 1.82. The van der Waals surface area contributed by atoms with E-state index in [2.05, 4.69) is 4.98 Å². The first kappa shape index (κ1) is 14.1. The smallest absolute Gasteiger partial charge is 0.120 e. The van der Waals surface area contributed by atoms with Crippen molar-refractivity contribution >= 4 is 5.69 Å². The van der Waals surface area contributed by atoms with E-state index in [9.17, 15) is 0 Å². The molecule has 3 nitrogen and oxygen atoms in total. The molecule has 0 amide bonds. The van der Waals surface area contributed by atoms with Gasteiger partial charge in [-0.1, -0.05) is 36.4 Å². The van der Waals surface area contributed by atoms with E-state index < -0.39 is 0 Å². The van der Waals surface area contributed by atoms with E-state index >= 15 is 0 Å². The summed E-state index contributed by atoms with van der Waals surface area (Å²) in [6, 6.07) is 19.8. The Morgan fingerprint density at radius 3 is 2.55 bits per heavy atom. The molecule has 2 aromatic carbocycles. The molecule has 0 unspecified atom stereocenters. The molecular weight excluding hydrogens is 272 g/mol. The lowest BCUT2D eigenvalue weighted by molar-refractivity contribution is 0.306. The van der Waals surface area contributed by atoms with Crippen LogP contribution in [0.4, 0.5) is 5.69 Å². The van der Waals surface area contributed by atoms with Crippen LogP contribution >= 0.6 is 0 Å². The number of rotatable bonds is 4. The van der Waals surface area contributed by atoms with E-state index in [4.69, 9.17) is 10.5 Å². The number of nitrogens with two attached hydrogens (primary N) is 1. The predicted octanol–water partition coefficient (Wildman–Crippen LogP) is 4.22. The lowest BCUT2D eigenvalue weighted by atomic mass is 10.1. The highest BCUT2D eigenvalue weighted by Crippen LogP contribution is 2.29. The van der Waals surface area contributed by atoms with Crippen molar-refractivity contribution in [2.45, 2.75) is 13.5 Å². The van der Waals surface area contributed by atoms with Gasteiger partial charge >= 0.3 is 0 Å². The molecule has 0 aliphatic rings. The van der Waals surface area contributed by atoms with Crippen molar-refractivity contribution in [2.75, 3.05) is 5.73 Å². The van der Waals surface area contributed by atoms with Gasteiger partial charge in [-0.05, 0) is 36.8 Å². The third-order valence-electron chi connectivity index (χ3n) is 3.50. The lowest BCUT2D eigenvalue weighted by Crippen LogP contribution is -1.97. The molecule has 1 heterocycles. The van der Waals surface area contributed by atoms with Crippen molar-refractivity contribution in [1.29, 1.82) is 0 Å². The summed E-state index contributed by atoms with van der Waals surface area (Å²) in [5.74, 6) is 0.800. The van der Waals surface area contributed by atoms with Crippen molar-refractivity contribution in [3.05, 3.63) is 78.1 Å². The molecule has 2 N–H and O–H groups in total. The van der Waals surface area contributed by atoms with E-state index in [1.807, 2.05) is 73.8 Å². The Hall–Kier alpha value is -2.81. The van der Waals surface area contributed by atoms with Gasteiger partial charge in [-0.15, -0.1) is 0 Å². The van der Waals surface area contributed by atoms with Gasteiger partial charge in [0.05, 0.1) is 0 Å². The molecule has 0 aliphatic carbocycles. The van der Waals surface area contributed by atoms with Crippen LogP contribution < -0.4 is 10.5 Å². The molecule has 1 aromatic heterocycles. The molecular formula is C19H18N2O. The largest absolute Gasteiger partial charge is 0.489 e. The summed E-state index contributed by atoms with van der Waals surface area (Å²) < 4.78 is 5.86. The molecule has 0 atom stereocenters. The summed E-state index contributed by atoms with van der Waals surface area (Å²) in [4.78, 5) is 4.32. The zero-order valence-electron chi connectivity index (χ0n) is 12.5. The molecule has 0 saturated heterocycles. The molecule has 110 valence electrons. The Morgan fingerprint density at radius 2 is 1.82 bits per heavy atom. The number of ether oxygens (including phenoxy) is 1. The average molecular weight is 290 g/mol. The average Bonchev–Trinajstić information content (AvgIpc) is 2.56. The summed E-state index contributed by atoms with van der Waals surface area (Å²) >= 11 is 0. The standard InChI is InChI=1S/C19H18N2O/c1-14-7-8-16(12-21-14)18-11-17(9-10-19(18)20)22-13-15-5-3-2-4-6-15/h2-12H,13,20H2,1H3. The molecule has 0 bridgehead atoms. The van der Waals surface area contributed by atoms with Crippen molar-refractivity contribution in [3.63, 3.8) is 0 Å². The summed E-state index contributed by atoms with van der Waals surface area (Å²) in [6.45, 7) is 2.50. The monoisotopic (exact) mass is 290 g/mol. The van der Waals surface area contributed by atoms with E-state index in [0.29, 0.717) is 6.61 Å². The summed E-state index contributed by atoms with van der Waals surface area (Å²) in [7, 11) is 0. The third kappa shape index (κ3) is 3.26. The number of hydrogen-bond acceptors (Lipinski definition) is 3. The van der Waals surface area contributed by atoms with Crippen molar-refractivity contribution in [3.8, 4) is 16.9 Å². The van der Waals surface area contributed by atoms with E-state index in [0.717, 1.165) is 33.8 Å². The molecule has 0 saturated carbocycles. The number of benzene rings is 2. The van der Waals surface area contributed by atoms with Gasteiger partial charge in [0.25, 0.3) is 0 Å². The quantitative estimate of drug-likeness (QED) is 0.732. The second-order valence-electron chi connectivity index (χ2n) is 5.21. The van der Waals surface area contributed by atoms with Crippen LogP contribution in [-0.4, -0.2) is 4.98 Å². The lowest BCUT2D eigenvalue weighted by Gasteiger charge is -2.11. The van der Waals surface area contributed by atoms with Crippen LogP contribution in [0.3, 0.4) is 0 Å². The third-order valence-corrected chi connectivity index (χ3v) is 3.50. The number of aryl methyl sites for hydroxylation is 1. The number of aromatic nitrogens is 1. The van der Waals surface area contributed by atoms with Gasteiger partial charge in [0.1, 0.15) is 12.4 Å². The van der Waals surface area contributed by atoms with Gasteiger partial charge in [-0.25, -0.2) is 0 Å².